The molecule has 0 bridgehead atoms. The molecule has 1 aromatic heterocycles. The molecule has 20 heavy (non-hydrogen) atoms. The summed E-state index contributed by atoms with van der Waals surface area (Å²) in [4.78, 5) is 4.50. The van der Waals surface area contributed by atoms with Gasteiger partial charge in [-0.05, 0) is 37.1 Å². The molecule has 5 heteroatoms. The first-order valence-corrected chi connectivity index (χ1v) is 7.04. The maximum absolute atomic E-state index is 5.35. The Morgan fingerprint density at radius 1 is 1.40 bits per heavy atom. The molecule has 1 aliphatic heterocycles. The molecule has 5 nitrogen and oxygen atoms in total. The van der Waals surface area contributed by atoms with Gasteiger partial charge in [0.05, 0.1) is 19.6 Å². The number of nitrogens with one attached hydrogen (secondary N) is 1. The average Bonchev–Trinajstić information content (AvgIpc) is 2.97. The van der Waals surface area contributed by atoms with E-state index in [2.05, 4.69) is 15.5 Å². The van der Waals surface area contributed by atoms with Crippen molar-refractivity contribution in [1.82, 2.24) is 15.5 Å². The van der Waals surface area contributed by atoms with Gasteiger partial charge in [-0.15, -0.1) is 0 Å². The minimum absolute atomic E-state index is 0.242. The van der Waals surface area contributed by atoms with Crippen molar-refractivity contribution in [2.24, 2.45) is 0 Å². The fourth-order valence-electron chi connectivity index (χ4n) is 2.51. The van der Waals surface area contributed by atoms with Crippen LogP contribution in [0, 0.1) is 0 Å². The van der Waals surface area contributed by atoms with Crippen LogP contribution in [0.15, 0.2) is 28.8 Å². The van der Waals surface area contributed by atoms with E-state index in [1.165, 1.54) is 12.8 Å². The Kier molecular flexibility index (Phi) is 3.97. The zero-order valence-corrected chi connectivity index (χ0v) is 11.6. The van der Waals surface area contributed by atoms with Gasteiger partial charge in [-0.3, -0.25) is 0 Å². The monoisotopic (exact) mass is 273 g/mol. The van der Waals surface area contributed by atoms with Gasteiger partial charge in [0.1, 0.15) is 5.75 Å². The lowest BCUT2D eigenvalue weighted by Gasteiger charge is -2.19. The highest BCUT2D eigenvalue weighted by Gasteiger charge is 2.20. The third-order valence-corrected chi connectivity index (χ3v) is 3.60. The van der Waals surface area contributed by atoms with Crippen LogP contribution in [0.4, 0.5) is 0 Å². The number of methoxy groups -OCH3 is 1. The molecule has 106 valence electrons. The highest BCUT2D eigenvalue weighted by atomic mass is 16.5. The Morgan fingerprint density at radius 2 is 2.35 bits per heavy atom. The standard InChI is InChI=1S/C15H19N3O2/c1-19-12-6-4-5-11(9-12)10-14-17-15(18-20-14)13-7-2-3-8-16-13/h4-6,9,13,16H,2-3,7-8,10H2,1H3. The molecular formula is C15H19N3O2. The number of hydrogen-bond acceptors (Lipinski definition) is 5. The first-order valence-electron chi connectivity index (χ1n) is 7.04. The van der Waals surface area contributed by atoms with E-state index in [0.717, 1.165) is 30.1 Å². The van der Waals surface area contributed by atoms with E-state index < -0.39 is 0 Å². The SMILES string of the molecule is COc1cccc(Cc2nc(C3CCCCN3)no2)c1. The molecule has 0 radical (unpaired) electrons. The molecule has 0 amide bonds. The van der Waals surface area contributed by atoms with Crippen LogP contribution in [0.2, 0.25) is 0 Å². The smallest absolute Gasteiger partial charge is 0.231 e. The average molecular weight is 273 g/mol. The third kappa shape index (κ3) is 2.99. The van der Waals surface area contributed by atoms with Crippen LogP contribution < -0.4 is 10.1 Å². The fraction of sp³-hybridized carbons (Fsp3) is 0.467. The molecule has 1 unspecified atom stereocenters. The number of nitrogens with zero attached hydrogens (tertiary/aromatic N) is 2. The first-order chi connectivity index (χ1) is 9.85. The third-order valence-electron chi connectivity index (χ3n) is 3.60. The number of rotatable bonds is 4. The Bertz CT molecular complexity index is 562. The van der Waals surface area contributed by atoms with E-state index in [1.807, 2.05) is 24.3 Å². The lowest BCUT2D eigenvalue weighted by atomic mass is 10.0. The molecule has 2 heterocycles. The zero-order chi connectivity index (χ0) is 13.8. The second kappa shape index (κ2) is 6.05. The van der Waals surface area contributed by atoms with E-state index in [-0.39, 0.29) is 6.04 Å². The van der Waals surface area contributed by atoms with Crippen molar-refractivity contribution in [1.29, 1.82) is 0 Å². The lowest BCUT2D eigenvalue weighted by Crippen LogP contribution is -2.27. The summed E-state index contributed by atoms with van der Waals surface area (Å²) >= 11 is 0. The summed E-state index contributed by atoms with van der Waals surface area (Å²) in [5.41, 5.74) is 1.11. The van der Waals surface area contributed by atoms with Crippen molar-refractivity contribution in [3.05, 3.63) is 41.5 Å². The predicted octanol–water partition coefficient (Wildman–Crippen LogP) is 2.48. The van der Waals surface area contributed by atoms with Crippen LogP contribution in [-0.2, 0) is 6.42 Å². The summed E-state index contributed by atoms with van der Waals surface area (Å²) in [7, 11) is 1.67. The van der Waals surface area contributed by atoms with Crippen molar-refractivity contribution in [2.45, 2.75) is 31.7 Å². The van der Waals surface area contributed by atoms with E-state index in [0.29, 0.717) is 12.3 Å². The highest BCUT2D eigenvalue weighted by molar-refractivity contribution is 5.29. The van der Waals surface area contributed by atoms with E-state index in [9.17, 15) is 0 Å². The number of piperidine rings is 1. The summed E-state index contributed by atoms with van der Waals surface area (Å²) in [5, 5.41) is 7.52. The summed E-state index contributed by atoms with van der Waals surface area (Å²) in [6.45, 7) is 1.03. The molecule has 0 spiro atoms. The summed E-state index contributed by atoms with van der Waals surface area (Å²) in [5.74, 6) is 2.28. The van der Waals surface area contributed by atoms with Crippen molar-refractivity contribution < 1.29 is 9.26 Å². The van der Waals surface area contributed by atoms with Crippen LogP contribution in [0.5, 0.6) is 5.75 Å². The van der Waals surface area contributed by atoms with Crippen LogP contribution in [0.3, 0.4) is 0 Å². The van der Waals surface area contributed by atoms with Gasteiger partial charge >= 0.3 is 0 Å². The largest absolute Gasteiger partial charge is 0.497 e. The number of aromatic nitrogens is 2. The van der Waals surface area contributed by atoms with Crippen LogP contribution >= 0.6 is 0 Å². The Labute approximate surface area is 118 Å². The second-order valence-corrected chi connectivity index (χ2v) is 5.08. The van der Waals surface area contributed by atoms with Gasteiger partial charge in [0.15, 0.2) is 5.82 Å². The molecule has 1 saturated heterocycles. The fourth-order valence-corrected chi connectivity index (χ4v) is 2.51. The maximum atomic E-state index is 5.35. The Hall–Kier alpha value is -1.88. The normalized spacial score (nSPS) is 18.9. The van der Waals surface area contributed by atoms with Gasteiger partial charge in [0.25, 0.3) is 0 Å². The van der Waals surface area contributed by atoms with E-state index in [1.54, 1.807) is 7.11 Å². The summed E-state index contributed by atoms with van der Waals surface area (Å²) < 4.78 is 10.6. The van der Waals surface area contributed by atoms with Gasteiger partial charge in [0, 0.05) is 0 Å². The molecule has 0 aliphatic carbocycles. The summed E-state index contributed by atoms with van der Waals surface area (Å²) in [6, 6.07) is 8.16. The molecule has 3 rings (SSSR count). The van der Waals surface area contributed by atoms with Crippen molar-refractivity contribution in [3.8, 4) is 5.75 Å². The molecule has 2 aromatic rings. The van der Waals surface area contributed by atoms with Gasteiger partial charge in [-0.2, -0.15) is 4.98 Å². The van der Waals surface area contributed by atoms with Gasteiger partial charge in [0.2, 0.25) is 5.89 Å². The molecular weight excluding hydrogens is 254 g/mol. The number of ether oxygens (including phenoxy) is 1. The Morgan fingerprint density at radius 3 is 3.15 bits per heavy atom. The van der Waals surface area contributed by atoms with Crippen LogP contribution in [0.25, 0.3) is 0 Å². The molecule has 1 aliphatic rings. The van der Waals surface area contributed by atoms with Crippen LogP contribution in [-0.4, -0.2) is 23.8 Å². The highest BCUT2D eigenvalue weighted by Crippen LogP contribution is 2.21. The first kappa shape index (κ1) is 13.1. The lowest BCUT2D eigenvalue weighted by molar-refractivity contribution is 0.351. The number of benzene rings is 1. The Balaban J connectivity index is 1.70. The molecule has 1 atom stereocenters. The predicted molar refractivity (Wildman–Crippen MR) is 74.7 cm³/mol. The van der Waals surface area contributed by atoms with E-state index in [4.69, 9.17) is 9.26 Å². The molecule has 1 fully saturated rings. The minimum atomic E-state index is 0.242. The van der Waals surface area contributed by atoms with Crippen molar-refractivity contribution >= 4 is 0 Å². The topological polar surface area (TPSA) is 60.2 Å². The molecule has 1 aromatic carbocycles. The number of hydrogen-bond donors (Lipinski definition) is 1. The summed E-state index contributed by atoms with van der Waals surface area (Å²) in [6.07, 6.45) is 4.16. The van der Waals surface area contributed by atoms with Gasteiger partial charge in [-0.1, -0.05) is 23.7 Å². The molecule has 0 saturated carbocycles. The van der Waals surface area contributed by atoms with Gasteiger partial charge in [-0.25, -0.2) is 0 Å². The van der Waals surface area contributed by atoms with Crippen molar-refractivity contribution in [2.75, 3.05) is 13.7 Å². The molecule has 1 N–H and O–H groups in total. The minimum Gasteiger partial charge on any atom is -0.497 e. The van der Waals surface area contributed by atoms with Crippen molar-refractivity contribution in [3.63, 3.8) is 0 Å². The van der Waals surface area contributed by atoms with Gasteiger partial charge < -0.3 is 14.6 Å². The zero-order valence-electron chi connectivity index (χ0n) is 11.6. The second-order valence-electron chi connectivity index (χ2n) is 5.08. The van der Waals surface area contributed by atoms with E-state index >= 15 is 0 Å². The maximum Gasteiger partial charge on any atom is 0.231 e. The van der Waals surface area contributed by atoms with Crippen LogP contribution in [0.1, 0.15) is 42.6 Å². The quantitative estimate of drug-likeness (QED) is 0.927.